The van der Waals surface area contributed by atoms with Gasteiger partial charge in [0.2, 0.25) is 0 Å². The molecule has 1 fully saturated rings. The van der Waals surface area contributed by atoms with Gasteiger partial charge in [-0.05, 0) is 51.6 Å². The summed E-state index contributed by atoms with van der Waals surface area (Å²) in [5.41, 5.74) is 0.563. The van der Waals surface area contributed by atoms with Crippen molar-refractivity contribution in [3.05, 3.63) is 23.8 Å². The summed E-state index contributed by atoms with van der Waals surface area (Å²) >= 11 is 0. The van der Waals surface area contributed by atoms with Gasteiger partial charge in [-0.25, -0.2) is 0 Å². The maximum absolute atomic E-state index is 12.6. The Balaban J connectivity index is 2.09. The van der Waals surface area contributed by atoms with Crippen LogP contribution in [0.15, 0.2) is 18.2 Å². The van der Waals surface area contributed by atoms with E-state index in [9.17, 15) is 9.90 Å². The van der Waals surface area contributed by atoms with Crippen molar-refractivity contribution in [2.75, 3.05) is 34.3 Å². The third-order valence-electron chi connectivity index (χ3n) is 4.14. The molecule has 21 heavy (non-hydrogen) atoms. The van der Waals surface area contributed by atoms with Gasteiger partial charge in [-0.3, -0.25) is 4.79 Å². The predicted octanol–water partition coefficient (Wildman–Crippen LogP) is 1.96. The van der Waals surface area contributed by atoms with Gasteiger partial charge in [0.25, 0.3) is 5.91 Å². The van der Waals surface area contributed by atoms with Crippen molar-refractivity contribution in [3.63, 3.8) is 0 Å². The zero-order chi connectivity index (χ0) is 15.4. The Labute approximate surface area is 126 Å². The highest BCUT2D eigenvalue weighted by Gasteiger charge is 2.23. The number of rotatable bonds is 3. The van der Waals surface area contributed by atoms with Crippen molar-refractivity contribution < 1.29 is 14.6 Å². The van der Waals surface area contributed by atoms with Crippen LogP contribution in [0.3, 0.4) is 0 Å². The smallest absolute Gasteiger partial charge is 0.253 e. The van der Waals surface area contributed by atoms with E-state index in [0.717, 1.165) is 32.4 Å². The normalized spacial score (nSPS) is 19.4. The van der Waals surface area contributed by atoms with E-state index in [1.54, 1.807) is 12.1 Å². The summed E-state index contributed by atoms with van der Waals surface area (Å²) in [4.78, 5) is 16.7. The topological polar surface area (TPSA) is 53.0 Å². The number of phenolic OH excluding ortho intramolecular Hbond substituents is 1. The lowest BCUT2D eigenvalue weighted by Crippen LogP contribution is -2.33. The van der Waals surface area contributed by atoms with Crippen LogP contribution in [0.25, 0.3) is 0 Å². The zero-order valence-electron chi connectivity index (χ0n) is 13.0. The summed E-state index contributed by atoms with van der Waals surface area (Å²) in [5.74, 6) is 0.395. The monoisotopic (exact) mass is 292 g/mol. The van der Waals surface area contributed by atoms with Gasteiger partial charge in [0.15, 0.2) is 11.5 Å². The van der Waals surface area contributed by atoms with Crippen LogP contribution in [0.2, 0.25) is 0 Å². The fourth-order valence-corrected chi connectivity index (χ4v) is 2.79. The van der Waals surface area contributed by atoms with E-state index >= 15 is 0 Å². The second kappa shape index (κ2) is 6.80. The lowest BCUT2D eigenvalue weighted by Gasteiger charge is -2.23. The molecule has 0 unspecified atom stereocenters. The average molecular weight is 292 g/mol. The van der Waals surface area contributed by atoms with Gasteiger partial charge in [-0.1, -0.05) is 0 Å². The molecule has 1 aliphatic heterocycles. The molecule has 1 aromatic carbocycles. The SMILES string of the molecule is COc1cc(C(=O)N2CCC[C@@H](N(C)C)CC2)ccc1O. The Kier molecular flexibility index (Phi) is 5.07. The van der Waals surface area contributed by atoms with Crippen LogP contribution in [0.1, 0.15) is 29.6 Å². The van der Waals surface area contributed by atoms with Gasteiger partial charge < -0.3 is 19.6 Å². The van der Waals surface area contributed by atoms with Gasteiger partial charge in [0.1, 0.15) is 0 Å². The van der Waals surface area contributed by atoms with Gasteiger partial charge in [-0.15, -0.1) is 0 Å². The number of carbonyl (C=O) groups is 1. The first-order chi connectivity index (χ1) is 10.0. The van der Waals surface area contributed by atoms with E-state index in [1.807, 2.05) is 4.90 Å². The molecule has 5 heteroatoms. The molecule has 1 saturated heterocycles. The van der Waals surface area contributed by atoms with Crippen molar-refractivity contribution in [1.29, 1.82) is 0 Å². The zero-order valence-corrected chi connectivity index (χ0v) is 13.0. The lowest BCUT2D eigenvalue weighted by molar-refractivity contribution is 0.0758. The summed E-state index contributed by atoms with van der Waals surface area (Å²) in [6, 6.07) is 5.30. The molecule has 1 atom stereocenters. The molecular formula is C16H24N2O3. The number of ether oxygens (including phenoxy) is 1. The number of hydrogen-bond donors (Lipinski definition) is 1. The fraction of sp³-hybridized carbons (Fsp3) is 0.562. The van der Waals surface area contributed by atoms with Gasteiger partial charge in [-0.2, -0.15) is 0 Å². The molecule has 0 bridgehead atoms. The summed E-state index contributed by atoms with van der Waals surface area (Å²) in [5, 5.41) is 9.61. The Morgan fingerprint density at radius 1 is 1.33 bits per heavy atom. The van der Waals surface area contributed by atoms with Crippen LogP contribution < -0.4 is 4.74 Å². The second-order valence-electron chi connectivity index (χ2n) is 5.73. The van der Waals surface area contributed by atoms with E-state index in [0.29, 0.717) is 17.4 Å². The highest BCUT2D eigenvalue weighted by molar-refractivity contribution is 5.95. The van der Waals surface area contributed by atoms with E-state index < -0.39 is 0 Å². The molecule has 0 spiro atoms. The number of carbonyl (C=O) groups excluding carboxylic acids is 1. The number of methoxy groups -OCH3 is 1. The minimum absolute atomic E-state index is 0.00714. The molecule has 116 valence electrons. The lowest BCUT2D eigenvalue weighted by atomic mass is 10.1. The first-order valence-electron chi connectivity index (χ1n) is 7.35. The fourth-order valence-electron chi connectivity index (χ4n) is 2.79. The van der Waals surface area contributed by atoms with Crippen LogP contribution in [0, 0.1) is 0 Å². The van der Waals surface area contributed by atoms with Gasteiger partial charge in [0.05, 0.1) is 7.11 Å². The molecule has 0 radical (unpaired) electrons. The first kappa shape index (κ1) is 15.6. The number of hydrogen-bond acceptors (Lipinski definition) is 4. The Morgan fingerprint density at radius 2 is 2.10 bits per heavy atom. The molecule has 0 aromatic heterocycles. The van der Waals surface area contributed by atoms with E-state index in [1.165, 1.54) is 13.2 Å². The number of amides is 1. The third-order valence-corrected chi connectivity index (χ3v) is 4.14. The van der Waals surface area contributed by atoms with Crippen LogP contribution >= 0.6 is 0 Å². The maximum Gasteiger partial charge on any atom is 0.253 e. The number of aromatic hydroxyl groups is 1. The molecule has 1 heterocycles. The number of likely N-dealkylation sites (tertiary alicyclic amines) is 1. The first-order valence-corrected chi connectivity index (χ1v) is 7.35. The van der Waals surface area contributed by atoms with Crippen LogP contribution in [0.5, 0.6) is 11.5 Å². The minimum atomic E-state index is 0.00714. The molecule has 0 aliphatic carbocycles. The Bertz CT molecular complexity index is 502. The van der Waals surface area contributed by atoms with Crippen molar-refractivity contribution in [1.82, 2.24) is 9.80 Å². The molecule has 1 aliphatic rings. The molecule has 1 N–H and O–H groups in total. The van der Waals surface area contributed by atoms with E-state index in [4.69, 9.17) is 4.74 Å². The van der Waals surface area contributed by atoms with E-state index in [-0.39, 0.29) is 11.7 Å². The maximum atomic E-state index is 12.6. The molecule has 2 rings (SSSR count). The summed E-state index contributed by atoms with van der Waals surface area (Å²) < 4.78 is 5.07. The third kappa shape index (κ3) is 3.67. The molecule has 0 saturated carbocycles. The van der Waals surface area contributed by atoms with Crippen LogP contribution in [0.4, 0.5) is 0 Å². The van der Waals surface area contributed by atoms with E-state index in [2.05, 4.69) is 19.0 Å². The number of nitrogens with zero attached hydrogens (tertiary/aromatic N) is 2. The summed E-state index contributed by atoms with van der Waals surface area (Å²) in [6.07, 6.45) is 3.13. The van der Waals surface area contributed by atoms with Crippen molar-refractivity contribution in [2.24, 2.45) is 0 Å². The van der Waals surface area contributed by atoms with Crippen LogP contribution in [-0.2, 0) is 0 Å². The highest BCUT2D eigenvalue weighted by atomic mass is 16.5. The van der Waals surface area contributed by atoms with Crippen LogP contribution in [-0.4, -0.2) is 61.2 Å². The predicted molar refractivity (Wildman–Crippen MR) is 81.9 cm³/mol. The Morgan fingerprint density at radius 3 is 2.76 bits per heavy atom. The summed E-state index contributed by atoms with van der Waals surface area (Å²) in [6.45, 7) is 1.55. The molecular weight excluding hydrogens is 268 g/mol. The van der Waals surface area contributed by atoms with Crippen molar-refractivity contribution in [2.45, 2.75) is 25.3 Å². The number of phenols is 1. The Hall–Kier alpha value is -1.75. The highest BCUT2D eigenvalue weighted by Crippen LogP contribution is 2.27. The largest absolute Gasteiger partial charge is 0.504 e. The summed E-state index contributed by atoms with van der Waals surface area (Å²) in [7, 11) is 5.66. The molecule has 1 aromatic rings. The molecule has 5 nitrogen and oxygen atoms in total. The van der Waals surface area contributed by atoms with Crippen molar-refractivity contribution >= 4 is 5.91 Å². The standard InChI is InChI=1S/C16H24N2O3/c1-17(2)13-5-4-9-18(10-8-13)16(20)12-6-7-14(19)15(11-12)21-3/h6-7,11,13,19H,4-5,8-10H2,1-3H3/t13-/m1/s1. The number of benzene rings is 1. The van der Waals surface area contributed by atoms with Gasteiger partial charge in [0, 0.05) is 24.7 Å². The minimum Gasteiger partial charge on any atom is -0.504 e. The molecule has 1 amide bonds. The average Bonchev–Trinajstić information content (AvgIpc) is 2.73. The quantitative estimate of drug-likeness (QED) is 0.925. The van der Waals surface area contributed by atoms with Gasteiger partial charge >= 0.3 is 0 Å². The second-order valence-corrected chi connectivity index (χ2v) is 5.73. The van der Waals surface area contributed by atoms with Crippen molar-refractivity contribution in [3.8, 4) is 11.5 Å².